The Bertz CT molecular complexity index is 419. The Kier molecular flexibility index (Phi) is 5.83. The number of nitrogens with zero attached hydrogens (tertiary/aromatic N) is 2. The van der Waals surface area contributed by atoms with Crippen LogP contribution in [0.4, 0.5) is 0 Å². The molecule has 0 aromatic carbocycles. The summed E-state index contributed by atoms with van der Waals surface area (Å²) in [4.78, 5) is 0. The van der Waals surface area contributed by atoms with Crippen LogP contribution in [0, 0.1) is 6.92 Å². The molecule has 2 unspecified atom stereocenters. The molecule has 5 heteroatoms. The Balaban J connectivity index is 2.98. The number of nitrogens with one attached hydrogen (secondary N) is 1. The van der Waals surface area contributed by atoms with E-state index in [-0.39, 0.29) is 11.6 Å². The van der Waals surface area contributed by atoms with E-state index in [9.17, 15) is 0 Å². The monoisotopic (exact) mass is 287 g/mol. The lowest BCUT2D eigenvalue weighted by Crippen LogP contribution is -2.50. The minimum atomic E-state index is -0.199. The molecule has 0 aliphatic heterocycles. The maximum absolute atomic E-state index is 6.32. The van der Waals surface area contributed by atoms with Crippen molar-refractivity contribution in [2.75, 3.05) is 13.7 Å². The fourth-order valence-electron chi connectivity index (χ4n) is 2.51. The highest BCUT2D eigenvalue weighted by Gasteiger charge is 2.33. The third-order valence-electron chi connectivity index (χ3n) is 3.94. The van der Waals surface area contributed by atoms with Gasteiger partial charge in [-0.2, -0.15) is 5.10 Å². The smallest absolute Gasteiger partial charge is 0.130 e. The average Bonchev–Trinajstić information content (AvgIpc) is 2.61. The van der Waals surface area contributed by atoms with Crippen LogP contribution in [0.3, 0.4) is 0 Å². The molecule has 0 bridgehead atoms. The summed E-state index contributed by atoms with van der Waals surface area (Å²) in [5.41, 5.74) is 1.89. The molecule has 1 aromatic heterocycles. The van der Waals surface area contributed by atoms with Gasteiger partial charge in [0, 0.05) is 25.3 Å². The highest BCUT2D eigenvalue weighted by atomic mass is 35.5. The second-order valence-electron chi connectivity index (χ2n) is 5.12. The summed E-state index contributed by atoms with van der Waals surface area (Å²) >= 11 is 6.32. The second-order valence-corrected chi connectivity index (χ2v) is 5.48. The van der Waals surface area contributed by atoms with Gasteiger partial charge in [-0.05, 0) is 40.7 Å². The predicted molar refractivity (Wildman–Crippen MR) is 79.8 cm³/mol. The molecule has 1 aromatic rings. The highest BCUT2D eigenvalue weighted by molar-refractivity contribution is 6.30. The van der Waals surface area contributed by atoms with Gasteiger partial charge in [0.1, 0.15) is 5.15 Å². The van der Waals surface area contributed by atoms with Crippen LogP contribution in [-0.2, 0) is 18.2 Å². The Morgan fingerprint density at radius 2 is 2.11 bits per heavy atom. The largest absolute Gasteiger partial charge is 0.374 e. The molecule has 0 spiro atoms. The van der Waals surface area contributed by atoms with Gasteiger partial charge in [-0.25, -0.2) is 0 Å². The van der Waals surface area contributed by atoms with E-state index in [2.05, 4.69) is 24.3 Å². The van der Waals surface area contributed by atoms with Crippen LogP contribution in [-0.4, -0.2) is 35.1 Å². The zero-order chi connectivity index (χ0) is 14.6. The Morgan fingerprint density at radius 1 is 1.47 bits per heavy atom. The van der Waals surface area contributed by atoms with Gasteiger partial charge in [0.25, 0.3) is 0 Å². The molecule has 0 saturated carbocycles. The number of rotatable bonds is 7. The van der Waals surface area contributed by atoms with Gasteiger partial charge in [0.2, 0.25) is 0 Å². The van der Waals surface area contributed by atoms with Crippen LogP contribution >= 0.6 is 11.6 Å². The Hall–Kier alpha value is -0.580. The van der Waals surface area contributed by atoms with E-state index in [0.717, 1.165) is 24.1 Å². The second kappa shape index (κ2) is 6.73. The first-order chi connectivity index (χ1) is 8.89. The van der Waals surface area contributed by atoms with Crippen molar-refractivity contribution in [1.29, 1.82) is 0 Å². The first-order valence-corrected chi connectivity index (χ1v) is 7.26. The van der Waals surface area contributed by atoms with E-state index in [1.54, 1.807) is 4.68 Å². The van der Waals surface area contributed by atoms with Crippen molar-refractivity contribution in [2.24, 2.45) is 7.05 Å². The quantitative estimate of drug-likeness (QED) is 0.838. The van der Waals surface area contributed by atoms with Gasteiger partial charge < -0.3 is 10.1 Å². The summed E-state index contributed by atoms with van der Waals surface area (Å²) in [6.07, 6.45) is 1.77. The Labute approximate surface area is 121 Å². The number of hydrogen-bond donors (Lipinski definition) is 1. The summed E-state index contributed by atoms with van der Waals surface area (Å²) in [7, 11) is 3.84. The summed E-state index contributed by atoms with van der Waals surface area (Å²) in [6.45, 7) is 9.04. The molecule has 0 amide bonds. The normalized spacial score (nSPS) is 16.4. The van der Waals surface area contributed by atoms with Crippen molar-refractivity contribution in [3.63, 3.8) is 0 Å². The molecule has 1 heterocycles. The van der Waals surface area contributed by atoms with Crippen molar-refractivity contribution in [2.45, 2.75) is 52.2 Å². The zero-order valence-corrected chi connectivity index (χ0v) is 13.6. The molecule has 0 aliphatic rings. The van der Waals surface area contributed by atoms with Crippen LogP contribution in [0.2, 0.25) is 5.15 Å². The van der Waals surface area contributed by atoms with Crippen LogP contribution < -0.4 is 5.32 Å². The number of aromatic nitrogens is 2. The van der Waals surface area contributed by atoms with E-state index >= 15 is 0 Å². The SMILES string of the molecule is CCOC(C)(CC)C(Cc1c(C)nn(C)c1Cl)NC. The lowest BCUT2D eigenvalue weighted by atomic mass is 9.88. The van der Waals surface area contributed by atoms with Crippen LogP contribution in [0.5, 0.6) is 0 Å². The van der Waals surface area contributed by atoms with E-state index in [4.69, 9.17) is 16.3 Å². The van der Waals surface area contributed by atoms with Gasteiger partial charge in [0.15, 0.2) is 0 Å². The van der Waals surface area contributed by atoms with Gasteiger partial charge in [-0.1, -0.05) is 18.5 Å². The molecule has 0 radical (unpaired) electrons. The average molecular weight is 288 g/mol. The molecule has 2 atom stereocenters. The molecule has 1 N–H and O–H groups in total. The van der Waals surface area contributed by atoms with Crippen molar-refractivity contribution >= 4 is 11.6 Å². The highest BCUT2D eigenvalue weighted by Crippen LogP contribution is 2.27. The Morgan fingerprint density at radius 3 is 2.47 bits per heavy atom. The minimum Gasteiger partial charge on any atom is -0.374 e. The van der Waals surface area contributed by atoms with Gasteiger partial charge >= 0.3 is 0 Å². The maximum Gasteiger partial charge on any atom is 0.130 e. The van der Waals surface area contributed by atoms with Gasteiger partial charge in [-0.15, -0.1) is 0 Å². The summed E-state index contributed by atoms with van der Waals surface area (Å²) in [5, 5.41) is 8.45. The topological polar surface area (TPSA) is 39.1 Å². The summed E-state index contributed by atoms with van der Waals surface area (Å²) in [6, 6.07) is 0.206. The number of halogens is 1. The fraction of sp³-hybridized carbons (Fsp3) is 0.786. The van der Waals surface area contributed by atoms with Crippen molar-refractivity contribution in [3.8, 4) is 0 Å². The van der Waals surface area contributed by atoms with E-state index in [0.29, 0.717) is 11.8 Å². The zero-order valence-electron chi connectivity index (χ0n) is 12.9. The number of hydrogen-bond acceptors (Lipinski definition) is 3. The lowest BCUT2D eigenvalue weighted by Gasteiger charge is -2.36. The fourth-order valence-corrected chi connectivity index (χ4v) is 2.76. The lowest BCUT2D eigenvalue weighted by molar-refractivity contribution is -0.0534. The molecular weight excluding hydrogens is 262 g/mol. The number of likely N-dealkylation sites (N-methyl/N-ethyl adjacent to an activating group) is 1. The molecule has 0 aliphatic carbocycles. The molecule has 0 saturated heterocycles. The summed E-state index contributed by atoms with van der Waals surface area (Å²) in [5.74, 6) is 0. The molecular formula is C14H26ClN3O. The summed E-state index contributed by atoms with van der Waals surface area (Å²) < 4.78 is 7.68. The molecule has 110 valence electrons. The first-order valence-electron chi connectivity index (χ1n) is 6.88. The molecule has 0 fully saturated rings. The van der Waals surface area contributed by atoms with Gasteiger partial charge in [-0.3, -0.25) is 4.68 Å². The first kappa shape index (κ1) is 16.5. The standard InChI is InChI=1S/C14H26ClN3O/c1-7-14(4,19-8-2)12(16-5)9-11-10(3)17-18(6)13(11)15/h12,16H,7-9H2,1-6H3. The molecule has 4 nitrogen and oxygen atoms in total. The molecule has 1 rings (SSSR count). The number of aryl methyl sites for hydroxylation is 2. The third kappa shape index (κ3) is 3.50. The molecule has 19 heavy (non-hydrogen) atoms. The number of ether oxygens (including phenoxy) is 1. The van der Waals surface area contributed by atoms with E-state index < -0.39 is 0 Å². The van der Waals surface area contributed by atoms with Crippen LogP contribution in [0.1, 0.15) is 38.4 Å². The third-order valence-corrected chi connectivity index (χ3v) is 4.41. The van der Waals surface area contributed by atoms with Crippen molar-refractivity contribution < 1.29 is 4.74 Å². The van der Waals surface area contributed by atoms with Crippen LogP contribution in [0.25, 0.3) is 0 Å². The van der Waals surface area contributed by atoms with Crippen molar-refractivity contribution in [1.82, 2.24) is 15.1 Å². The minimum absolute atomic E-state index is 0.199. The van der Waals surface area contributed by atoms with Gasteiger partial charge in [0.05, 0.1) is 11.3 Å². The maximum atomic E-state index is 6.32. The predicted octanol–water partition coefficient (Wildman–Crippen LogP) is 2.72. The van der Waals surface area contributed by atoms with Crippen LogP contribution in [0.15, 0.2) is 0 Å². The van der Waals surface area contributed by atoms with Crippen molar-refractivity contribution in [3.05, 3.63) is 16.4 Å². The van der Waals surface area contributed by atoms with E-state index in [1.807, 2.05) is 27.9 Å². The van der Waals surface area contributed by atoms with E-state index in [1.165, 1.54) is 0 Å².